The average molecular weight is 310 g/mol. The zero-order valence-corrected chi connectivity index (χ0v) is 12.8. The maximum Gasteiger partial charge on any atom is 0.120 e. The Labute approximate surface area is 129 Å². The van der Waals surface area contributed by atoms with E-state index in [1.807, 2.05) is 36.4 Å². The van der Waals surface area contributed by atoms with Gasteiger partial charge in [-0.2, -0.15) is 0 Å². The summed E-state index contributed by atoms with van der Waals surface area (Å²) >= 11 is 12.3. The van der Waals surface area contributed by atoms with E-state index in [4.69, 9.17) is 33.7 Å². The fraction of sp³-hybridized carbons (Fsp3) is 0.250. The standard InChI is InChI=1S/C16H17Cl2NO/c1-2-12-8-14(5-6-15(12)17)20-10-13-4-3-11(9-19)7-16(13)18/h3-8H,2,9-10,19H2,1H3. The normalized spacial score (nSPS) is 10.6. The quantitative estimate of drug-likeness (QED) is 0.876. The van der Waals surface area contributed by atoms with Crippen LogP contribution in [-0.4, -0.2) is 0 Å². The molecule has 20 heavy (non-hydrogen) atoms. The summed E-state index contributed by atoms with van der Waals surface area (Å²) in [6.45, 7) is 2.97. The topological polar surface area (TPSA) is 35.2 Å². The minimum atomic E-state index is 0.425. The van der Waals surface area contributed by atoms with Crippen molar-refractivity contribution in [1.29, 1.82) is 0 Å². The molecule has 0 aliphatic heterocycles. The van der Waals surface area contributed by atoms with Crippen LogP contribution in [0.1, 0.15) is 23.6 Å². The number of rotatable bonds is 5. The van der Waals surface area contributed by atoms with E-state index in [0.29, 0.717) is 18.2 Å². The molecule has 0 aromatic heterocycles. The van der Waals surface area contributed by atoms with Gasteiger partial charge in [0.2, 0.25) is 0 Å². The van der Waals surface area contributed by atoms with Crippen molar-refractivity contribution < 1.29 is 4.74 Å². The Morgan fingerprint density at radius 2 is 1.80 bits per heavy atom. The van der Waals surface area contributed by atoms with Crippen molar-refractivity contribution in [2.45, 2.75) is 26.5 Å². The third-order valence-corrected chi connectivity index (χ3v) is 3.87. The minimum Gasteiger partial charge on any atom is -0.489 e. The molecule has 0 fully saturated rings. The van der Waals surface area contributed by atoms with Crippen LogP contribution in [0.25, 0.3) is 0 Å². The fourth-order valence-electron chi connectivity index (χ4n) is 1.91. The molecule has 2 nitrogen and oxygen atoms in total. The summed E-state index contributed by atoms with van der Waals surface area (Å²) in [5, 5.41) is 1.45. The second kappa shape index (κ2) is 6.98. The monoisotopic (exact) mass is 309 g/mol. The van der Waals surface area contributed by atoms with Gasteiger partial charge in [0.05, 0.1) is 0 Å². The van der Waals surface area contributed by atoms with E-state index in [1.54, 1.807) is 0 Å². The summed E-state index contributed by atoms with van der Waals surface area (Å²) in [5.41, 5.74) is 8.61. The molecule has 4 heteroatoms. The molecule has 0 heterocycles. The molecular formula is C16H17Cl2NO. The Kier molecular flexibility index (Phi) is 5.30. The number of hydrogen-bond acceptors (Lipinski definition) is 2. The molecule has 0 saturated carbocycles. The van der Waals surface area contributed by atoms with Gasteiger partial charge in [0.25, 0.3) is 0 Å². The molecule has 2 rings (SSSR count). The largest absolute Gasteiger partial charge is 0.489 e. The average Bonchev–Trinajstić information content (AvgIpc) is 2.47. The summed E-state index contributed by atoms with van der Waals surface area (Å²) in [5.74, 6) is 0.796. The van der Waals surface area contributed by atoms with E-state index < -0.39 is 0 Å². The summed E-state index contributed by atoms with van der Waals surface area (Å²) in [6.07, 6.45) is 0.877. The molecule has 2 aromatic carbocycles. The molecule has 0 spiro atoms. The maximum absolute atomic E-state index is 6.20. The Bertz CT molecular complexity index is 599. The number of hydrogen-bond donors (Lipinski definition) is 1. The Morgan fingerprint density at radius 1 is 1.00 bits per heavy atom. The molecule has 0 unspecified atom stereocenters. The van der Waals surface area contributed by atoms with Gasteiger partial charge in [0, 0.05) is 22.2 Å². The van der Waals surface area contributed by atoms with E-state index in [-0.39, 0.29) is 0 Å². The number of nitrogens with two attached hydrogens (primary N) is 1. The van der Waals surface area contributed by atoms with Crippen molar-refractivity contribution in [3.8, 4) is 5.75 Å². The number of aryl methyl sites for hydroxylation is 1. The molecule has 0 radical (unpaired) electrons. The first-order valence-electron chi connectivity index (χ1n) is 6.52. The van der Waals surface area contributed by atoms with Crippen molar-refractivity contribution in [3.63, 3.8) is 0 Å². The maximum atomic E-state index is 6.20. The van der Waals surface area contributed by atoms with Gasteiger partial charge in [-0.3, -0.25) is 0 Å². The van der Waals surface area contributed by atoms with Crippen LogP contribution in [0.15, 0.2) is 36.4 Å². The molecular weight excluding hydrogens is 293 g/mol. The predicted octanol–water partition coefficient (Wildman–Crippen LogP) is 4.59. The highest BCUT2D eigenvalue weighted by Gasteiger charge is 2.05. The third kappa shape index (κ3) is 3.66. The van der Waals surface area contributed by atoms with Gasteiger partial charge in [-0.05, 0) is 41.8 Å². The zero-order valence-electron chi connectivity index (χ0n) is 11.3. The van der Waals surface area contributed by atoms with Crippen LogP contribution >= 0.6 is 23.2 Å². The summed E-state index contributed by atoms with van der Waals surface area (Å²) in [4.78, 5) is 0. The second-order valence-electron chi connectivity index (χ2n) is 4.53. The summed E-state index contributed by atoms with van der Waals surface area (Å²) in [6, 6.07) is 11.5. The Hall–Kier alpha value is -1.22. The first kappa shape index (κ1) is 15.2. The summed E-state index contributed by atoms with van der Waals surface area (Å²) < 4.78 is 5.77. The lowest BCUT2D eigenvalue weighted by molar-refractivity contribution is 0.306. The van der Waals surface area contributed by atoms with Gasteiger partial charge in [-0.25, -0.2) is 0 Å². The van der Waals surface area contributed by atoms with Gasteiger partial charge in [0.15, 0.2) is 0 Å². The molecule has 2 N–H and O–H groups in total. The van der Waals surface area contributed by atoms with E-state index in [9.17, 15) is 0 Å². The molecule has 0 bridgehead atoms. The van der Waals surface area contributed by atoms with Crippen molar-refractivity contribution in [2.24, 2.45) is 5.73 Å². The highest BCUT2D eigenvalue weighted by molar-refractivity contribution is 6.31. The predicted molar refractivity (Wildman–Crippen MR) is 84.5 cm³/mol. The van der Waals surface area contributed by atoms with Gasteiger partial charge >= 0.3 is 0 Å². The number of halogens is 2. The van der Waals surface area contributed by atoms with Crippen molar-refractivity contribution >= 4 is 23.2 Å². The van der Waals surface area contributed by atoms with E-state index >= 15 is 0 Å². The second-order valence-corrected chi connectivity index (χ2v) is 5.34. The highest BCUT2D eigenvalue weighted by Crippen LogP contribution is 2.24. The van der Waals surface area contributed by atoms with Crippen LogP contribution in [0.4, 0.5) is 0 Å². The lowest BCUT2D eigenvalue weighted by Crippen LogP contribution is -2.00. The number of ether oxygens (including phenoxy) is 1. The van der Waals surface area contributed by atoms with Gasteiger partial charge < -0.3 is 10.5 Å². The first-order chi connectivity index (χ1) is 9.63. The van der Waals surface area contributed by atoms with Gasteiger partial charge in [0.1, 0.15) is 12.4 Å². The van der Waals surface area contributed by atoms with Gasteiger partial charge in [-0.15, -0.1) is 0 Å². The minimum absolute atomic E-state index is 0.425. The lowest BCUT2D eigenvalue weighted by Gasteiger charge is -2.10. The molecule has 0 saturated heterocycles. The van der Waals surface area contributed by atoms with Crippen LogP contribution in [0.2, 0.25) is 10.0 Å². The Morgan fingerprint density at radius 3 is 2.45 bits per heavy atom. The van der Waals surface area contributed by atoms with E-state index in [1.165, 1.54) is 0 Å². The van der Waals surface area contributed by atoms with Crippen LogP contribution < -0.4 is 10.5 Å². The highest BCUT2D eigenvalue weighted by atomic mass is 35.5. The van der Waals surface area contributed by atoms with Crippen LogP contribution in [0.3, 0.4) is 0 Å². The van der Waals surface area contributed by atoms with E-state index in [2.05, 4.69) is 6.92 Å². The first-order valence-corrected chi connectivity index (χ1v) is 7.28. The molecule has 0 amide bonds. The van der Waals surface area contributed by atoms with E-state index in [0.717, 1.165) is 33.9 Å². The third-order valence-electron chi connectivity index (χ3n) is 3.15. The smallest absolute Gasteiger partial charge is 0.120 e. The SMILES string of the molecule is CCc1cc(OCc2ccc(CN)cc2Cl)ccc1Cl. The Balaban J connectivity index is 2.08. The molecule has 106 valence electrons. The number of benzene rings is 2. The van der Waals surface area contributed by atoms with Crippen molar-refractivity contribution in [1.82, 2.24) is 0 Å². The van der Waals surface area contributed by atoms with Gasteiger partial charge in [-0.1, -0.05) is 42.3 Å². The molecule has 0 atom stereocenters. The molecule has 2 aromatic rings. The molecule has 0 aliphatic carbocycles. The summed E-state index contributed by atoms with van der Waals surface area (Å²) in [7, 11) is 0. The molecule has 0 aliphatic rings. The van der Waals surface area contributed by atoms with Crippen LogP contribution in [0.5, 0.6) is 5.75 Å². The van der Waals surface area contributed by atoms with Crippen molar-refractivity contribution in [3.05, 3.63) is 63.1 Å². The zero-order chi connectivity index (χ0) is 14.5. The fourth-order valence-corrected chi connectivity index (χ4v) is 2.42. The lowest BCUT2D eigenvalue weighted by atomic mass is 10.1. The van der Waals surface area contributed by atoms with Crippen LogP contribution in [0, 0.1) is 0 Å². The van der Waals surface area contributed by atoms with Crippen molar-refractivity contribution in [2.75, 3.05) is 0 Å². The van der Waals surface area contributed by atoms with Crippen LogP contribution in [-0.2, 0) is 19.6 Å².